The van der Waals surface area contributed by atoms with E-state index in [-0.39, 0.29) is 13.2 Å². The van der Waals surface area contributed by atoms with Gasteiger partial charge in [0.05, 0.1) is 12.7 Å². The summed E-state index contributed by atoms with van der Waals surface area (Å²) >= 11 is 0. The van der Waals surface area contributed by atoms with Crippen LogP contribution in [-0.2, 0) is 9.53 Å². The van der Waals surface area contributed by atoms with Crippen LogP contribution in [0.2, 0.25) is 0 Å². The van der Waals surface area contributed by atoms with Gasteiger partial charge in [-0.2, -0.15) is 5.26 Å². The minimum Gasteiger partial charge on any atom is -0.460 e. The lowest BCUT2D eigenvalue weighted by Gasteiger charge is -1.94. The highest BCUT2D eigenvalue weighted by Crippen LogP contribution is 1.75. The van der Waals surface area contributed by atoms with Crippen molar-refractivity contribution in [2.24, 2.45) is 0 Å². The molecule has 0 aliphatic heterocycles. The van der Waals surface area contributed by atoms with Gasteiger partial charge in [-0.1, -0.05) is 38.5 Å². The van der Waals surface area contributed by atoms with Gasteiger partial charge >= 0.3 is 5.97 Å². The zero-order valence-electron chi connectivity index (χ0n) is 9.26. The second-order valence-electron chi connectivity index (χ2n) is 1.90. The maximum Gasteiger partial charge on any atom is 0.330 e. The van der Waals surface area contributed by atoms with Gasteiger partial charge in [-0.25, -0.2) is 4.79 Å². The highest BCUT2D eigenvalue weighted by molar-refractivity contribution is 5.81. The number of rotatable bonds is 4. The van der Waals surface area contributed by atoms with Crippen LogP contribution in [0.5, 0.6) is 0 Å². The summed E-state index contributed by atoms with van der Waals surface area (Å²) in [5.74, 6) is -0.501. The van der Waals surface area contributed by atoms with E-state index >= 15 is 0 Å². The van der Waals surface area contributed by atoms with Gasteiger partial charge in [-0.3, -0.25) is 0 Å². The van der Waals surface area contributed by atoms with Crippen molar-refractivity contribution in [3.05, 3.63) is 50.6 Å². The quantitative estimate of drug-likeness (QED) is 0.341. The van der Waals surface area contributed by atoms with E-state index in [9.17, 15) is 4.79 Å². The maximum absolute atomic E-state index is 10.1. The second-order valence-corrected chi connectivity index (χ2v) is 1.90. The molecular weight excluding hydrogens is 206 g/mol. The third kappa shape index (κ3) is 40.7. The van der Waals surface area contributed by atoms with Gasteiger partial charge in [-0.15, -0.1) is 0 Å². The van der Waals surface area contributed by atoms with Crippen molar-refractivity contribution in [3.63, 3.8) is 0 Å². The molecule has 0 aromatic heterocycles. The zero-order chi connectivity index (χ0) is 13.2. The summed E-state index contributed by atoms with van der Waals surface area (Å²) < 4.78 is 4.33. The fourth-order valence-electron chi connectivity index (χ4n) is 0.205. The van der Waals surface area contributed by atoms with Gasteiger partial charge in [0.25, 0.3) is 0 Å². The first-order chi connectivity index (χ1) is 7.64. The summed E-state index contributed by atoms with van der Waals surface area (Å²) in [6, 6.07) is 1.69. The Morgan fingerprint density at radius 3 is 1.94 bits per heavy atom. The number of hydrogen-bond donors (Lipinski definition) is 1. The van der Waals surface area contributed by atoms with E-state index in [2.05, 4.69) is 31.1 Å². The zero-order valence-corrected chi connectivity index (χ0v) is 9.26. The summed E-state index contributed by atoms with van der Waals surface area (Å²) in [7, 11) is 0. The minimum absolute atomic E-state index is 0.0465. The average molecular weight is 223 g/mol. The third-order valence-electron chi connectivity index (χ3n) is 0.760. The first kappa shape index (κ1) is 19.5. The van der Waals surface area contributed by atoms with Gasteiger partial charge in [0.2, 0.25) is 0 Å². The molecule has 0 saturated carbocycles. The Morgan fingerprint density at radius 1 is 1.31 bits per heavy atom. The minimum atomic E-state index is -0.501. The van der Waals surface area contributed by atoms with Gasteiger partial charge < -0.3 is 9.84 Å². The van der Waals surface area contributed by atoms with E-state index in [1.807, 2.05) is 0 Å². The Bertz CT molecular complexity index is 245. The number of ether oxygens (including phenoxy) is 1. The van der Waals surface area contributed by atoms with E-state index in [1.54, 1.807) is 18.2 Å². The van der Waals surface area contributed by atoms with Gasteiger partial charge in [0, 0.05) is 12.2 Å². The smallest absolute Gasteiger partial charge is 0.330 e. The summed E-state index contributed by atoms with van der Waals surface area (Å²) in [6.07, 6.45) is 5.51. The van der Waals surface area contributed by atoms with Gasteiger partial charge in [0.1, 0.15) is 6.61 Å². The van der Waals surface area contributed by atoms with Gasteiger partial charge in [-0.05, 0) is 0 Å². The van der Waals surface area contributed by atoms with Crippen LogP contribution in [0.15, 0.2) is 50.6 Å². The normalized spacial score (nSPS) is 6.25. The van der Waals surface area contributed by atoms with Crippen molar-refractivity contribution in [2.75, 3.05) is 13.2 Å². The lowest BCUT2D eigenvalue weighted by molar-refractivity contribution is -0.138. The Hall–Kier alpha value is -2.12. The molecule has 1 N–H and O–H groups in total. The number of carbonyl (C=O) groups excluding carboxylic acids is 1. The Balaban J connectivity index is -0.000000179. The van der Waals surface area contributed by atoms with Crippen LogP contribution in [0, 0.1) is 11.3 Å². The predicted molar refractivity (Wildman–Crippen MR) is 64.4 cm³/mol. The molecule has 0 aromatic rings. The van der Waals surface area contributed by atoms with Crippen LogP contribution in [-0.4, -0.2) is 24.3 Å². The second kappa shape index (κ2) is 23.1. The van der Waals surface area contributed by atoms with Crippen molar-refractivity contribution in [3.8, 4) is 6.07 Å². The molecule has 0 aromatic carbocycles. The predicted octanol–water partition coefficient (Wildman–Crippen LogP) is 1.76. The molecule has 0 aliphatic carbocycles. The molecule has 0 spiro atoms. The molecule has 4 heteroatoms. The van der Waals surface area contributed by atoms with Crippen molar-refractivity contribution >= 4 is 5.97 Å². The van der Waals surface area contributed by atoms with E-state index in [0.29, 0.717) is 0 Å². The van der Waals surface area contributed by atoms with Crippen molar-refractivity contribution in [1.29, 1.82) is 5.26 Å². The Kier molecular flexibility index (Phi) is 28.0. The first-order valence-electron chi connectivity index (χ1n) is 4.28. The maximum atomic E-state index is 10.1. The molecule has 0 amide bonds. The molecule has 0 unspecified atom stereocenters. The molecule has 0 saturated heterocycles. The molecule has 0 bridgehead atoms. The Morgan fingerprint density at radius 2 is 1.75 bits per heavy atom. The summed E-state index contributed by atoms with van der Waals surface area (Å²) in [5, 5.41) is 15.6. The lowest BCUT2D eigenvalue weighted by atomic mass is 10.6. The highest BCUT2D eigenvalue weighted by Gasteiger charge is 1.90. The first-order valence-corrected chi connectivity index (χ1v) is 4.28. The number of aliphatic hydroxyl groups excluding tert-OH is 1. The largest absolute Gasteiger partial charge is 0.460 e. The van der Waals surface area contributed by atoms with Crippen LogP contribution in [0.3, 0.4) is 0 Å². The number of nitrogens with zero attached hydrogens (tertiary/aromatic N) is 1. The fraction of sp³-hybridized carbons (Fsp3) is 0.167. The highest BCUT2D eigenvalue weighted by atomic mass is 16.5. The number of hydrogen-bond acceptors (Lipinski definition) is 4. The van der Waals surface area contributed by atoms with E-state index in [4.69, 9.17) is 10.4 Å². The fourth-order valence-corrected chi connectivity index (χ4v) is 0.205. The van der Waals surface area contributed by atoms with Crippen LogP contribution < -0.4 is 0 Å². The molecule has 0 atom stereocenters. The SMILES string of the molecule is C=CC#N.C=CC(=O)OCCO.C=CC=C. The molecule has 4 nitrogen and oxygen atoms in total. The van der Waals surface area contributed by atoms with Crippen molar-refractivity contribution in [2.45, 2.75) is 0 Å². The lowest BCUT2D eigenvalue weighted by Crippen LogP contribution is -2.04. The van der Waals surface area contributed by atoms with Crippen LogP contribution in [0.1, 0.15) is 0 Å². The number of allylic oxidation sites excluding steroid dienone is 3. The number of carbonyl (C=O) groups is 1. The molecular formula is C12H17NO3. The molecule has 0 rings (SSSR count). The number of nitriles is 1. The monoisotopic (exact) mass is 223 g/mol. The van der Waals surface area contributed by atoms with Gasteiger partial charge in [0.15, 0.2) is 0 Å². The summed E-state index contributed by atoms with van der Waals surface area (Å²) in [6.45, 7) is 12.9. The van der Waals surface area contributed by atoms with E-state index < -0.39 is 5.97 Å². The topological polar surface area (TPSA) is 70.3 Å². The average Bonchev–Trinajstić information content (AvgIpc) is 2.36. The Labute approximate surface area is 96.5 Å². The molecule has 88 valence electrons. The third-order valence-corrected chi connectivity index (χ3v) is 0.760. The number of aliphatic hydroxyl groups is 1. The summed E-state index contributed by atoms with van der Waals surface area (Å²) in [5.41, 5.74) is 0. The van der Waals surface area contributed by atoms with Crippen LogP contribution >= 0.6 is 0 Å². The van der Waals surface area contributed by atoms with Crippen molar-refractivity contribution < 1.29 is 14.6 Å². The molecule has 0 aliphatic rings. The summed E-state index contributed by atoms with van der Waals surface area (Å²) in [4.78, 5) is 10.1. The van der Waals surface area contributed by atoms with E-state index in [1.165, 1.54) is 6.08 Å². The number of esters is 1. The van der Waals surface area contributed by atoms with Crippen molar-refractivity contribution in [1.82, 2.24) is 0 Å². The van der Waals surface area contributed by atoms with Crippen LogP contribution in [0.25, 0.3) is 0 Å². The van der Waals surface area contributed by atoms with E-state index in [0.717, 1.165) is 6.08 Å². The standard InChI is InChI=1S/C5H8O3.C4H6.C3H3N/c1-2-5(7)8-4-3-6;1-3-4-2;1-2-3-4/h2,6H,1,3-4H2;3-4H,1-2H2;2H,1H2. The molecule has 0 radical (unpaired) electrons. The molecule has 0 heterocycles. The molecule has 16 heavy (non-hydrogen) atoms. The molecule has 0 fully saturated rings. The van der Waals surface area contributed by atoms with Crippen LogP contribution in [0.4, 0.5) is 0 Å².